The summed E-state index contributed by atoms with van der Waals surface area (Å²) in [6, 6.07) is 15.9. The number of aromatic nitrogens is 1. The Morgan fingerprint density at radius 1 is 1.04 bits per heavy atom. The molecule has 5 nitrogen and oxygen atoms in total. The molecule has 5 N–H and O–H groups in total. The number of rotatable bonds is 4. The lowest BCUT2D eigenvalue weighted by Crippen LogP contribution is -2.05. The van der Waals surface area contributed by atoms with Gasteiger partial charge in [0.25, 0.3) is 0 Å². The van der Waals surface area contributed by atoms with Gasteiger partial charge >= 0.3 is 0 Å². The quantitative estimate of drug-likeness (QED) is 0.612. The smallest absolute Gasteiger partial charge is 0.194 e. The average molecular weight is 353 g/mol. The maximum atomic E-state index is 12.7. The third-order valence-electron chi connectivity index (χ3n) is 3.83. The molecule has 0 radical (unpaired) electrons. The fraction of sp³-hybridized carbons (Fsp3) is 0.0526. The van der Waals surface area contributed by atoms with Crippen molar-refractivity contribution in [1.82, 2.24) is 4.98 Å². The number of carbonyl (C=O) groups excluding carboxylic acids is 1. The molecule has 0 aliphatic carbocycles. The van der Waals surface area contributed by atoms with E-state index in [0.717, 1.165) is 5.56 Å². The Morgan fingerprint density at radius 3 is 2.48 bits per heavy atom. The topological polar surface area (TPSA) is 94.0 Å². The van der Waals surface area contributed by atoms with Gasteiger partial charge in [-0.05, 0) is 42.8 Å². The zero-order valence-electron chi connectivity index (χ0n) is 13.6. The van der Waals surface area contributed by atoms with Gasteiger partial charge in [0.05, 0.1) is 10.7 Å². The zero-order valence-corrected chi connectivity index (χ0v) is 14.3. The van der Waals surface area contributed by atoms with E-state index in [1.807, 2.05) is 25.1 Å². The summed E-state index contributed by atoms with van der Waals surface area (Å²) >= 11 is 6.32. The number of benzene rings is 2. The number of nitrogens with two attached hydrogens (primary N) is 2. The van der Waals surface area contributed by atoms with E-state index in [0.29, 0.717) is 33.3 Å². The van der Waals surface area contributed by atoms with Crippen LogP contribution in [-0.4, -0.2) is 10.8 Å². The van der Waals surface area contributed by atoms with E-state index in [1.165, 1.54) is 0 Å². The van der Waals surface area contributed by atoms with Gasteiger partial charge in [0, 0.05) is 16.8 Å². The van der Waals surface area contributed by atoms with E-state index in [4.69, 9.17) is 23.1 Å². The SMILES string of the molecule is Cc1ccccc1C(=O)c1ccc(Nc2ccc(N)c(N)n2)cc1Cl. The molecule has 0 aliphatic rings. The molecule has 1 heterocycles. The number of nitrogen functional groups attached to an aromatic ring is 2. The molecule has 0 unspecified atom stereocenters. The van der Waals surface area contributed by atoms with Crippen molar-refractivity contribution in [3.63, 3.8) is 0 Å². The van der Waals surface area contributed by atoms with Crippen LogP contribution in [-0.2, 0) is 0 Å². The highest BCUT2D eigenvalue weighted by Crippen LogP contribution is 2.26. The van der Waals surface area contributed by atoms with E-state index in [1.54, 1.807) is 36.4 Å². The summed E-state index contributed by atoms with van der Waals surface area (Å²) in [5.74, 6) is 0.688. The minimum Gasteiger partial charge on any atom is -0.396 e. The Hall–Kier alpha value is -3.05. The molecule has 2 aromatic carbocycles. The van der Waals surface area contributed by atoms with Crippen molar-refractivity contribution in [3.8, 4) is 0 Å². The molecule has 0 saturated heterocycles. The monoisotopic (exact) mass is 352 g/mol. The molecular weight excluding hydrogens is 336 g/mol. The molecule has 126 valence electrons. The van der Waals surface area contributed by atoms with E-state index in [2.05, 4.69) is 10.3 Å². The molecule has 0 fully saturated rings. The Morgan fingerprint density at radius 2 is 1.80 bits per heavy atom. The number of anilines is 4. The predicted molar refractivity (Wildman–Crippen MR) is 102 cm³/mol. The number of halogens is 1. The molecule has 3 aromatic rings. The largest absolute Gasteiger partial charge is 0.396 e. The minimum atomic E-state index is -0.107. The summed E-state index contributed by atoms with van der Waals surface area (Å²) in [5, 5.41) is 3.45. The molecule has 0 spiro atoms. The van der Waals surface area contributed by atoms with Gasteiger partial charge in [-0.2, -0.15) is 0 Å². The highest BCUT2D eigenvalue weighted by atomic mass is 35.5. The second kappa shape index (κ2) is 6.83. The van der Waals surface area contributed by atoms with E-state index < -0.39 is 0 Å². The summed E-state index contributed by atoms with van der Waals surface area (Å²) in [6.07, 6.45) is 0. The van der Waals surface area contributed by atoms with Gasteiger partial charge < -0.3 is 16.8 Å². The van der Waals surface area contributed by atoms with Crippen LogP contribution in [0.3, 0.4) is 0 Å². The van der Waals surface area contributed by atoms with Gasteiger partial charge in [0.1, 0.15) is 11.6 Å². The number of pyridine rings is 1. The van der Waals surface area contributed by atoms with Crippen molar-refractivity contribution in [2.45, 2.75) is 6.92 Å². The third kappa shape index (κ3) is 3.56. The fourth-order valence-corrected chi connectivity index (χ4v) is 2.72. The van der Waals surface area contributed by atoms with Gasteiger partial charge in [-0.3, -0.25) is 4.79 Å². The standard InChI is InChI=1S/C19H17ClN4O/c1-11-4-2-3-5-13(11)18(25)14-7-6-12(10-15(14)20)23-17-9-8-16(21)19(22)24-17/h2-10H,21H2,1H3,(H3,22,23,24). The number of nitrogens with zero attached hydrogens (tertiary/aromatic N) is 1. The first-order valence-corrected chi connectivity index (χ1v) is 8.02. The van der Waals surface area contributed by atoms with Crippen molar-refractivity contribution in [1.29, 1.82) is 0 Å². The Bertz CT molecular complexity index is 956. The predicted octanol–water partition coefficient (Wildman–Crippen LogP) is 4.18. The van der Waals surface area contributed by atoms with E-state index >= 15 is 0 Å². The summed E-state index contributed by atoms with van der Waals surface area (Å²) in [5.41, 5.74) is 14.5. The summed E-state index contributed by atoms with van der Waals surface area (Å²) in [7, 11) is 0. The van der Waals surface area contributed by atoms with Crippen molar-refractivity contribution < 1.29 is 4.79 Å². The van der Waals surface area contributed by atoms with Crippen LogP contribution in [0.2, 0.25) is 5.02 Å². The lowest BCUT2D eigenvalue weighted by molar-refractivity contribution is 0.103. The molecule has 0 amide bonds. The Balaban J connectivity index is 1.87. The van der Waals surface area contributed by atoms with Crippen molar-refractivity contribution >= 4 is 40.4 Å². The van der Waals surface area contributed by atoms with Crippen LogP contribution in [0.4, 0.5) is 23.0 Å². The normalized spacial score (nSPS) is 10.5. The highest BCUT2D eigenvalue weighted by molar-refractivity contribution is 6.35. The Kier molecular flexibility index (Phi) is 4.59. The summed E-state index contributed by atoms with van der Waals surface area (Å²) in [4.78, 5) is 16.8. The summed E-state index contributed by atoms with van der Waals surface area (Å²) < 4.78 is 0. The zero-order chi connectivity index (χ0) is 18.0. The number of aryl methyl sites for hydroxylation is 1. The van der Waals surface area contributed by atoms with Crippen molar-refractivity contribution in [2.24, 2.45) is 0 Å². The number of ketones is 1. The maximum Gasteiger partial charge on any atom is 0.194 e. The van der Waals surface area contributed by atoms with Gasteiger partial charge in [-0.25, -0.2) is 4.98 Å². The second-order valence-electron chi connectivity index (χ2n) is 5.63. The van der Waals surface area contributed by atoms with Crippen LogP contribution in [0, 0.1) is 6.92 Å². The van der Waals surface area contributed by atoms with Gasteiger partial charge in [0.2, 0.25) is 0 Å². The first-order chi connectivity index (χ1) is 12.0. The van der Waals surface area contributed by atoms with E-state index in [-0.39, 0.29) is 11.6 Å². The molecule has 0 aliphatic heterocycles. The van der Waals surface area contributed by atoms with Crippen molar-refractivity contribution in [2.75, 3.05) is 16.8 Å². The number of hydrogen-bond acceptors (Lipinski definition) is 5. The van der Waals surface area contributed by atoms with Crippen molar-refractivity contribution in [3.05, 3.63) is 76.3 Å². The van der Waals surface area contributed by atoms with E-state index in [9.17, 15) is 4.79 Å². The van der Waals surface area contributed by atoms with Gasteiger partial charge in [-0.15, -0.1) is 0 Å². The lowest BCUT2D eigenvalue weighted by atomic mass is 9.99. The maximum absolute atomic E-state index is 12.7. The number of nitrogens with one attached hydrogen (secondary N) is 1. The van der Waals surface area contributed by atoms with Gasteiger partial charge in [0.15, 0.2) is 5.78 Å². The molecule has 6 heteroatoms. The molecule has 0 saturated carbocycles. The molecule has 0 bridgehead atoms. The third-order valence-corrected chi connectivity index (χ3v) is 4.15. The van der Waals surface area contributed by atoms with Crippen LogP contribution in [0.15, 0.2) is 54.6 Å². The number of carbonyl (C=O) groups is 1. The molecule has 25 heavy (non-hydrogen) atoms. The van der Waals surface area contributed by atoms with Crippen LogP contribution < -0.4 is 16.8 Å². The molecular formula is C19H17ClN4O. The van der Waals surface area contributed by atoms with Crippen LogP contribution in [0.1, 0.15) is 21.5 Å². The highest BCUT2D eigenvalue weighted by Gasteiger charge is 2.15. The molecule has 0 atom stereocenters. The first kappa shape index (κ1) is 16.8. The average Bonchev–Trinajstić information content (AvgIpc) is 2.58. The lowest BCUT2D eigenvalue weighted by Gasteiger charge is -2.10. The van der Waals surface area contributed by atoms with Crippen LogP contribution >= 0.6 is 11.6 Å². The summed E-state index contributed by atoms with van der Waals surface area (Å²) in [6.45, 7) is 1.90. The first-order valence-electron chi connectivity index (χ1n) is 7.64. The van der Waals surface area contributed by atoms with Crippen LogP contribution in [0.25, 0.3) is 0 Å². The van der Waals surface area contributed by atoms with Crippen LogP contribution in [0.5, 0.6) is 0 Å². The Labute approximate surface area is 150 Å². The molecule has 3 rings (SSSR count). The molecule has 1 aromatic heterocycles. The van der Waals surface area contributed by atoms with Gasteiger partial charge in [-0.1, -0.05) is 35.9 Å². The second-order valence-corrected chi connectivity index (χ2v) is 6.04. The number of hydrogen-bond donors (Lipinski definition) is 3. The minimum absolute atomic E-state index is 0.107. The fourth-order valence-electron chi connectivity index (χ4n) is 2.45.